The zero-order valence-corrected chi connectivity index (χ0v) is 20.1. The molecule has 0 aromatic carbocycles. The molecule has 5 aliphatic carbocycles. The molecule has 0 amide bonds. The van der Waals surface area contributed by atoms with E-state index in [1.807, 2.05) is 0 Å². The van der Waals surface area contributed by atoms with Crippen LogP contribution >= 0.6 is 0 Å². The van der Waals surface area contributed by atoms with Crippen LogP contribution in [0.25, 0.3) is 0 Å². The lowest BCUT2D eigenvalue weighted by Crippen LogP contribution is -2.51. The average Bonchev–Trinajstić information content (AvgIpc) is 3.19. The number of carbonyl (C=O) groups is 1. The fraction of sp³-hybridized carbons (Fsp3) is 0.821. The molecule has 0 unspecified atom stereocenters. The third-order valence-corrected chi connectivity index (χ3v) is 11.0. The van der Waals surface area contributed by atoms with Gasteiger partial charge in [0, 0.05) is 30.1 Å². The first-order chi connectivity index (χ1) is 14.7. The highest BCUT2D eigenvalue weighted by Gasteiger charge is 2.74. The van der Waals surface area contributed by atoms with Crippen LogP contribution in [0.4, 0.5) is 0 Å². The molecular formula is C28H40O3. The topological polar surface area (TPSA) is 35.5 Å². The van der Waals surface area contributed by atoms with Crippen molar-refractivity contribution in [1.82, 2.24) is 0 Å². The molecule has 0 aromatic rings. The number of rotatable bonds is 2. The molecule has 0 N–H and O–H groups in total. The van der Waals surface area contributed by atoms with E-state index < -0.39 is 0 Å². The van der Waals surface area contributed by atoms with Gasteiger partial charge >= 0.3 is 0 Å². The first-order valence-electron chi connectivity index (χ1n) is 12.9. The lowest BCUT2D eigenvalue weighted by atomic mass is 9.49. The fourth-order valence-electron chi connectivity index (χ4n) is 9.18. The number of ether oxygens (including phenoxy) is 2. The maximum absolute atomic E-state index is 13.2. The van der Waals surface area contributed by atoms with E-state index in [1.165, 1.54) is 25.7 Å². The average molecular weight is 425 g/mol. The van der Waals surface area contributed by atoms with E-state index >= 15 is 0 Å². The minimum absolute atomic E-state index is 0.0361. The Bertz CT molecular complexity index is 872. The van der Waals surface area contributed by atoms with E-state index in [-0.39, 0.29) is 22.0 Å². The lowest BCUT2D eigenvalue weighted by molar-refractivity contribution is -0.302. The van der Waals surface area contributed by atoms with Gasteiger partial charge in [0.2, 0.25) is 0 Å². The second-order valence-electron chi connectivity index (χ2n) is 12.7. The number of allylic oxidation sites excluding steroid dienone is 3. The molecule has 170 valence electrons. The minimum Gasteiger partial charge on any atom is -0.349 e. The van der Waals surface area contributed by atoms with Crippen LogP contribution in [-0.4, -0.2) is 24.8 Å². The summed E-state index contributed by atoms with van der Waals surface area (Å²) in [6.07, 6.45) is 14.7. The van der Waals surface area contributed by atoms with Crippen molar-refractivity contribution in [3.63, 3.8) is 0 Å². The van der Waals surface area contributed by atoms with Gasteiger partial charge in [-0.3, -0.25) is 4.79 Å². The number of carbonyl (C=O) groups excluding carboxylic acids is 1. The van der Waals surface area contributed by atoms with Crippen LogP contribution < -0.4 is 0 Å². The van der Waals surface area contributed by atoms with Crippen molar-refractivity contribution in [1.29, 1.82) is 0 Å². The van der Waals surface area contributed by atoms with Crippen molar-refractivity contribution in [3.05, 3.63) is 22.8 Å². The Kier molecular flexibility index (Phi) is 4.23. The Morgan fingerprint density at radius 3 is 2.42 bits per heavy atom. The summed E-state index contributed by atoms with van der Waals surface area (Å²) < 4.78 is 12.8. The lowest BCUT2D eigenvalue weighted by Gasteiger charge is -2.55. The molecule has 31 heavy (non-hydrogen) atoms. The quantitative estimate of drug-likeness (QED) is 0.506. The molecule has 6 aliphatic rings. The molecule has 1 spiro atoms. The van der Waals surface area contributed by atoms with Crippen LogP contribution in [0.5, 0.6) is 0 Å². The molecule has 3 nitrogen and oxygen atoms in total. The highest BCUT2D eigenvalue weighted by atomic mass is 16.7. The third kappa shape index (κ3) is 2.46. The molecule has 6 rings (SSSR count). The Hall–Kier alpha value is -0.930. The maximum atomic E-state index is 13.2. The van der Waals surface area contributed by atoms with Crippen molar-refractivity contribution in [3.8, 4) is 0 Å². The molecule has 2 atom stereocenters. The zero-order chi connectivity index (χ0) is 21.7. The monoisotopic (exact) mass is 424 g/mol. The molecule has 1 heterocycles. The molecule has 2 bridgehead atoms. The number of Topliss-reactive ketones (excluding diaryl/α,β-unsaturated/α-hetero) is 1. The Balaban J connectivity index is 1.33. The van der Waals surface area contributed by atoms with E-state index in [2.05, 4.69) is 33.8 Å². The first-order valence-corrected chi connectivity index (χ1v) is 12.9. The molecule has 2 saturated carbocycles. The molecule has 1 saturated heterocycles. The second kappa shape index (κ2) is 6.35. The Labute approximate surface area is 188 Å². The van der Waals surface area contributed by atoms with Crippen LogP contribution in [0.1, 0.15) is 98.3 Å². The number of hydrogen-bond acceptors (Lipinski definition) is 3. The summed E-state index contributed by atoms with van der Waals surface area (Å²) in [6, 6.07) is 0. The first kappa shape index (κ1) is 20.7. The molecule has 3 heteroatoms. The summed E-state index contributed by atoms with van der Waals surface area (Å²) in [5.74, 6) is 0.850. The molecule has 0 radical (unpaired) electrons. The largest absolute Gasteiger partial charge is 0.349 e. The van der Waals surface area contributed by atoms with Crippen molar-refractivity contribution >= 4 is 5.78 Å². The van der Waals surface area contributed by atoms with E-state index in [1.54, 1.807) is 16.7 Å². The highest BCUT2D eigenvalue weighted by molar-refractivity contribution is 5.87. The third-order valence-electron chi connectivity index (χ3n) is 11.0. The van der Waals surface area contributed by atoms with Gasteiger partial charge in [-0.2, -0.15) is 0 Å². The summed E-state index contributed by atoms with van der Waals surface area (Å²) in [5, 5.41) is 0. The minimum atomic E-state index is -0.368. The predicted octanol–water partition coefficient (Wildman–Crippen LogP) is 6.52. The van der Waals surface area contributed by atoms with E-state index in [0.29, 0.717) is 23.5 Å². The number of ketones is 1. The van der Waals surface area contributed by atoms with Crippen molar-refractivity contribution in [2.75, 3.05) is 13.2 Å². The van der Waals surface area contributed by atoms with Crippen molar-refractivity contribution in [2.24, 2.45) is 27.6 Å². The van der Waals surface area contributed by atoms with E-state index in [9.17, 15) is 4.79 Å². The highest BCUT2D eigenvalue weighted by Crippen LogP contribution is 2.80. The fourth-order valence-corrected chi connectivity index (χ4v) is 9.18. The van der Waals surface area contributed by atoms with Gasteiger partial charge in [0.25, 0.3) is 0 Å². The Morgan fingerprint density at radius 2 is 1.74 bits per heavy atom. The predicted molar refractivity (Wildman–Crippen MR) is 121 cm³/mol. The van der Waals surface area contributed by atoms with E-state index in [0.717, 1.165) is 51.7 Å². The van der Waals surface area contributed by atoms with Crippen LogP contribution in [0.15, 0.2) is 22.8 Å². The molecular weight excluding hydrogens is 384 g/mol. The van der Waals surface area contributed by atoms with Gasteiger partial charge in [0.05, 0.1) is 13.2 Å². The van der Waals surface area contributed by atoms with Crippen LogP contribution in [0, 0.1) is 27.6 Å². The molecule has 3 fully saturated rings. The normalized spacial score (nSPS) is 44.5. The van der Waals surface area contributed by atoms with Crippen LogP contribution in [0.3, 0.4) is 0 Å². The maximum Gasteiger partial charge on any atom is 0.172 e. The van der Waals surface area contributed by atoms with E-state index in [4.69, 9.17) is 9.47 Å². The summed E-state index contributed by atoms with van der Waals surface area (Å²) in [7, 11) is 0. The summed E-state index contributed by atoms with van der Waals surface area (Å²) >= 11 is 0. The zero-order valence-electron chi connectivity index (χ0n) is 20.1. The van der Waals surface area contributed by atoms with Crippen molar-refractivity contribution < 1.29 is 14.3 Å². The van der Waals surface area contributed by atoms with Gasteiger partial charge < -0.3 is 9.47 Å². The van der Waals surface area contributed by atoms with Gasteiger partial charge in [-0.25, -0.2) is 0 Å². The number of fused-ring (bicyclic) bond motifs is 2. The van der Waals surface area contributed by atoms with Gasteiger partial charge in [-0.1, -0.05) is 39.3 Å². The SMILES string of the molecule is CCC(=O)C12CCC3(CC1)[C@@H]1CCC4=C(CCC5(C4)OCC(C)(C)CO5)C1=CC[C@]23C. The van der Waals surface area contributed by atoms with Gasteiger partial charge in [0.15, 0.2) is 5.79 Å². The smallest absolute Gasteiger partial charge is 0.172 e. The van der Waals surface area contributed by atoms with Crippen molar-refractivity contribution in [2.45, 2.75) is 104 Å². The second-order valence-corrected chi connectivity index (χ2v) is 12.7. The summed E-state index contributed by atoms with van der Waals surface area (Å²) in [6.45, 7) is 10.6. The standard InChI is InChI=1S/C28H40O3/c1-5-23(29)27-14-12-26(13-15-27)22-7-6-19-16-28(30-17-24(2,3)18-31-28)11-9-20(19)21(22)8-10-25(26,27)4/h8,22H,5-7,9-18H2,1-4H3/t22-,25+,26?,27?/m1/s1. The summed E-state index contributed by atoms with van der Waals surface area (Å²) in [5.41, 5.74) is 5.56. The molecule has 0 aromatic heterocycles. The van der Waals surface area contributed by atoms with Gasteiger partial charge in [0.1, 0.15) is 5.78 Å². The van der Waals surface area contributed by atoms with Gasteiger partial charge in [-0.05, 0) is 79.3 Å². The number of hydrogen-bond donors (Lipinski definition) is 0. The van der Waals surface area contributed by atoms with Gasteiger partial charge in [-0.15, -0.1) is 0 Å². The molecule has 1 aliphatic heterocycles. The Morgan fingerprint density at radius 1 is 1.03 bits per heavy atom. The van der Waals surface area contributed by atoms with Crippen LogP contribution in [0.2, 0.25) is 0 Å². The van der Waals surface area contributed by atoms with Crippen LogP contribution in [-0.2, 0) is 14.3 Å². The summed E-state index contributed by atoms with van der Waals surface area (Å²) in [4.78, 5) is 13.2.